The smallest absolute Gasteiger partial charge is 0.0124 e. The van der Waals surface area contributed by atoms with Crippen LogP contribution in [-0.2, 0) is 0 Å². The second-order valence-electron chi connectivity index (χ2n) is 7.13. The summed E-state index contributed by atoms with van der Waals surface area (Å²) in [7, 11) is 0. The molecule has 0 amide bonds. The number of piperidine rings is 1. The zero-order valence-corrected chi connectivity index (χ0v) is 12.7. The van der Waals surface area contributed by atoms with Crippen molar-refractivity contribution in [1.82, 2.24) is 10.2 Å². The standard InChI is InChI=1S/C17H32N2/c1-2-5-16-6-3-4-12-19(16)13-11-18-17(14-7-8-14)15-9-10-15/h14-18H,2-13H2,1H3. The van der Waals surface area contributed by atoms with E-state index in [2.05, 4.69) is 17.1 Å². The van der Waals surface area contributed by atoms with E-state index < -0.39 is 0 Å². The predicted molar refractivity (Wildman–Crippen MR) is 81.4 cm³/mol. The Labute approximate surface area is 119 Å². The second kappa shape index (κ2) is 6.58. The zero-order chi connectivity index (χ0) is 13.1. The van der Waals surface area contributed by atoms with Crippen molar-refractivity contribution >= 4 is 0 Å². The number of nitrogens with zero attached hydrogens (tertiary/aromatic N) is 1. The summed E-state index contributed by atoms with van der Waals surface area (Å²) in [6.07, 6.45) is 13.1. The van der Waals surface area contributed by atoms with E-state index in [1.54, 1.807) is 0 Å². The highest BCUT2D eigenvalue weighted by Crippen LogP contribution is 2.44. The average Bonchev–Trinajstić information content (AvgIpc) is 3.28. The van der Waals surface area contributed by atoms with Gasteiger partial charge in [0.25, 0.3) is 0 Å². The summed E-state index contributed by atoms with van der Waals surface area (Å²) in [5.74, 6) is 2.08. The first-order valence-electron chi connectivity index (χ1n) is 8.86. The molecule has 1 aliphatic heterocycles. The van der Waals surface area contributed by atoms with Crippen LogP contribution in [0.2, 0.25) is 0 Å². The molecule has 3 rings (SSSR count). The fraction of sp³-hybridized carbons (Fsp3) is 1.00. The van der Waals surface area contributed by atoms with Gasteiger partial charge in [0.1, 0.15) is 0 Å². The van der Waals surface area contributed by atoms with Crippen LogP contribution in [0.5, 0.6) is 0 Å². The van der Waals surface area contributed by atoms with E-state index in [1.165, 1.54) is 77.4 Å². The molecule has 0 aromatic rings. The Hall–Kier alpha value is -0.0800. The molecule has 3 fully saturated rings. The molecule has 2 aliphatic carbocycles. The van der Waals surface area contributed by atoms with Crippen LogP contribution in [0.4, 0.5) is 0 Å². The van der Waals surface area contributed by atoms with E-state index in [0.29, 0.717) is 0 Å². The molecule has 0 radical (unpaired) electrons. The van der Waals surface area contributed by atoms with Crippen LogP contribution in [0.3, 0.4) is 0 Å². The molecule has 0 aromatic carbocycles. The second-order valence-corrected chi connectivity index (χ2v) is 7.13. The SMILES string of the molecule is CCCC1CCCCN1CCNC(C1CC1)C1CC1. The summed E-state index contributed by atoms with van der Waals surface area (Å²) in [4.78, 5) is 2.77. The van der Waals surface area contributed by atoms with Gasteiger partial charge in [-0.3, -0.25) is 4.90 Å². The van der Waals surface area contributed by atoms with Crippen molar-refractivity contribution in [2.24, 2.45) is 11.8 Å². The topological polar surface area (TPSA) is 15.3 Å². The maximum atomic E-state index is 3.91. The van der Waals surface area contributed by atoms with Crippen LogP contribution in [0, 0.1) is 11.8 Å². The molecule has 0 aromatic heterocycles. The quantitative estimate of drug-likeness (QED) is 0.722. The number of hydrogen-bond donors (Lipinski definition) is 1. The molecule has 3 aliphatic rings. The van der Waals surface area contributed by atoms with Crippen molar-refractivity contribution in [2.45, 2.75) is 76.8 Å². The van der Waals surface area contributed by atoms with Gasteiger partial charge in [0.15, 0.2) is 0 Å². The van der Waals surface area contributed by atoms with Crippen molar-refractivity contribution in [2.75, 3.05) is 19.6 Å². The molecule has 1 heterocycles. The Morgan fingerprint density at radius 1 is 1.05 bits per heavy atom. The summed E-state index contributed by atoms with van der Waals surface area (Å²) in [6.45, 7) is 6.21. The van der Waals surface area contributed by atoms with Crippen LogP contribution in [-0.4, -0.2) is 36.6 Å². The minimum absolute atomic E-state index is 0.884. The van der Waals surface area contributed by atoms with Gasteiger partial charge in [-0.15, -0.1) is 0 Å². The highest BCUT2D eigenvalue weighted by molar-refractivity contribution is 4.96. The lowest BCUT2D eigenvalue weighted by Gasteiger charge is -2.36. The minimum atomic E-state index is 0.884. The van der Waals surface area contributed by atoms with Crippen LogP contribution < -0.4 is 5.32 Å². The molecule has 0 spiro atoms. The van der Waals surface area contributed by atoms with Crippen molar-refractivity contribution in [3.8, 4) is 0 Å². The summed E-state index contributed by atoms with van der Waals surface area (Å²) in [5.41, 5.74) is 0. The molecule has 0 bridgehead atoms. The monoisotopic (exact) mass is 264 g/mol. The first-order valence-corrected chi connectivity index (χ1v) is 8.86. The average molecular weight is 264 g/mol. The maximum Gasteiger partial charge on any atom is 0.0124 e. The normalized spacial score (nSPS) is 29.1. The third-order valence-corrected chi connectivity index (χ3v) is 5.41. The highest BCUT2D eigenvalue weighted by atomic mass is 15.2. The molecular weight excluding hydrogens is 232 g/mol. The molecule has 110 valence electrons. The molecule has 1 unspecified atom stereocenters. The molecule has 2 saturated carbocycles. The molecular formula is C17H32N2. The molecule has 1 N–H and O–H groups in total. The van der Waals surface area contributed by atoms with Gasteiger partial charge >= 0.3 is 0 Å². The Morgan fingerprint density at radius 3 is 2.42 bits per heavy atom. The Bertz CT molecular complexity index is 256. The summed E-state index contributed by atoms with van der Waals surface area (Å²) < 4.78 is 0. The number of hydrogen-bond acceptors (Lipinski definition) is 2. The summed E-state index contributed by atoms with van der Waals surface area (Å²) >= 11 is 0. The van der Waals surface area contributed by atoms with E-state index in [4.69, 9.17) is 0 Å². The Balaban J connectivity index is 1.39. The number of nitrogens with one attached hydrogen (secondary N) is 1. The zero-order valence-electron chi connectivity index (χ0n) is 12.7. The van der Waals surface area contributed by atoms with E-state index >= 15 is 0 Å². The van der Waals surface area contributed by atoms with E-state index in [0.717, 1.165) is 23.9 Å². The van der Waals surface area contributed by atoms with Gasteiger partial charge in [-0.25, -0.2) is 0 Å². The molecule has 19 heavy (non-hydrogen) atoms. The van der Waals surface area contributed by atoms with Crippen LogP contribution in [0.1, 0.15) is 64.7 Å². The molecule has 2 heteroatoms. The van der Waals surface area contributed by atoms with Gasteiger partial charge in [-0.1, -0.05) is 19.8 Å². The fourth-order valence-corrected chi connectivity index (χ4v) is 4.02. The number of rotatable bonds is 8. The Morgan fingerprint density at radius 2 is 1.79 bits per heavy atom. The van der Waals surface area contributed by atoms with Gasteiger partial charge in [-0.05, 0) is 63.3 Å². The van der Waals surface area contributed by atoms with Gasteiger partial charge in [0.2, 0.25) is 0 Å². The molecule has 2 nitrogen and oxygen atoms in total. The number of likely N-dealkylation sites (tertiary alicyclic amines) is 1. The minimum Gasteiger partial charge on any atom is -0.312 e. The van der Waals surface area contributed by atoms with Crippen molar-refractivity contribution in [1.29, 1.82) is 0 Å². The van der Waals surface area contributed by atoms with Crippen molar-refractivity contribution < 1.29 is 0 Å². The first-order chi connectivity index (χ1) is 9.38. The Kier molecular flexibility index (Phi) is 4.81. The van der Waals surface area contributed by atoms with E-state index in [9.17, 15) is 0 Å². The molecule has 1 saturated heterocycles. The van der Waals surface area contributed by atoms with Gasteiger partial charge < -0.3 is 5.32 Å². The maximum absolute atomic E-state index is 3.91. The van der Waals surface area contributed by atoms with Crippen molar-refractivity contribution in [3.05, 3.63) is 0 Å². The lowest BCUT2D eigenvalue weighted by Crippen LogP contribution is -2.45. The van der Waals surface area contributed by atoms with Gasteiger partial charge in [0, 0.05) is 25.2 Å². The summed E-state index contributed by atoms with van der Waals surface area (Å²) in [6, 6.07) is 1.77. The first kappa shape index (κ1) is 13.9. The molecule has 1 atom stereocenters. The van der Waals surface area contributed by atoms with Gasteiger partial charge in [-0.2, -0.15) is 0 Å². The van der Waals surface area contributed by atoms with Gasteiger partial charge in [0.05, 0.1) is 0 Å². The largest absolute Gasteiger partial charge is 0.312 e. The fourth-order valence-electron chi connectivity index (χ4n) is 4.02. The van der Waals surface area contributed by atoms with E-state index in [-0.39, 0.29) is 0 Å². The van der Waals surface area contributed by atoms with Crippen LogP contribution in [0.25, 0.3) is 0 Å². The third kappa shape index (κ3) is 3.95. The van der Waals surface area contributed by atoms with Crippen molar-refractivity contribution in [3.63, 3.8) is 0 Å². The third-order valence-electron chi connectivity index (χ3n) is 5.41. The lowest BCUT2D eigenvalue weighted by atomic mass is 9.98. The highest BCUT2D eigenvalue weighted by Gasteiger charge is 2.40. The predicted octanol–water partition coefficient (Wildman–Crippen LogP) is 3.42. The summed E-state index contributed by atoms with van der Waals surface area (Å²) in [5, 5.41) is 3.91. The van der Waals surface area contributed by atoms with Crippen LogP contribution in [0.15, 0.2) is 0 Å². The van der Waals surface area contributed by atoms with E-state index in [1.807, 2.05) is 0 Å². The van der Waals surface area contributed by atoms with Crippen LogP contribution >= 0.6 is 0 Å². The lowest BCUT2D eigenvalue weighted by molar-refractivity contribution is 0.138.